The molecule has 0 fully saturated rings. The highest BCUT2D eigenvalue weighted by Crippen LogP contribution is 2.33. The standard InChI is InChI=1S/C26H35N3O5/c1-8-29(20(30)15-27-25(33)34-26(5,6)7)22(19-14-10-13-18(4)23(19)31)24(32)28-21-16(2)11-9-12-17(21)3/h9-14,22,31H,8,15H2,1-7H3,(H,27,33)(H,28,32). The van der Waals surface area contributed by atoms with E-state index in [2.05, 4.69) is 10.6 Å². The third kappa shape index (κ3) is 6.73. The second kappa shape index (κ2) is 11.0. The van der Waals surface area contributed by atoms with Gasteiger partial charge in [0, 0.05) is 17.8 Å². The molecule has 2 aromatic rings. The first kappa shape index (κ1) is 26.7. The van der Waals surface area contributed by atoms with E-state index in [0.29, 0.717) is 16.8 Å². The number of aromatic hydroxyl groups is 1. The predicted molar refractivity (Wildman–Crippen MR) is 132 cm³/mol. The second-order valence-electron chi connectivity index (χ2n) is 9.21. The number of phenolic OH excluding ortho intramolecular Hbond substituents is 1. The van der Waals surface area contributed by atoms with E-state index >= 15 is 0 Å². The van der Waals surface area contributed by atoms with Crippen LogP contribution in [0.5, 0.6) is 5.75 Å². The molecule has 0 saturated heterocycles. The van der Waals surface area contributed by atoms with Crippen LogP contribution in [-0.4, -0.2) is 46.6 Å². The minimum absolute atomic E-state index is 0.0597. The summed E-state index contributed by atoms with van der Waals surface area (Å²) in [4.78, 5) is 40.1. The Morgan fingerprint density at radius 2 is 1.56 bits per heavy atom. The lowest BCUT2D eigenvalue weighted by Crippen LogP contribution is -2.46. The van der Waals surface area contributed by atoms with Crippen molar-refractivity contribution in [3.63, 3.8) is 0 Å². The van der Waals surface area contributed by atoms with Gasteiger partial charge in [0.2, 0.25) is 5.91 Å². The molecular formula is C26H35N3O5. The van der Waals surface area contributed by atoms with Crippen LogP contribution in [0.15, 0.2) is 36.4 Å². The Morgan fingerprint density at radius 3 is 2.12 bits per heavy atom. The molecule has 8 heteroatoms. The monoisotopic (exact) mass is 469 g/mol. The Morgan fingerprint density at radius 1 is 1.00 bits per heavy atom. The van der Waals surface area contributed by atoms with Gasteiger partial charge < -0.3 is 25.4 Å². The quantitative estimate of drug-likeness (QED) is 0.558. The molecule has 3 amide bonds. The SMILES string of the molecule is CCN(C(=O)CNC(=O)OC(C)(C)C)C(C(=O)Nc1c(C)cccc1C)c1cccc(C)c1O. The summed E-state index contributed by atoms with van der Waals surface area (Å²) in [5, 5.41) is 16.1. The van der Waals surface area contributed by atoms with Gasteiger partial charge in [0.25, 0.3) is 5.91 Å². The van der Waals surface area contributed by atoms with Gasteiger partial charge in [0.05, 0.1) is 0 Å². The molecule has 34 heavy (non-hydrogen) atoms. The lowest BCUT2D eigenvalue weighted by molar-refractivity contribution is -0.138. The number of rotatable bonds is 7. The Kier molecular flexibility index (Phi) is 8.68. The van der Waals surface area contributed by atoms with Gasteiger partial charge in [-0.15, -0.1) is 0 Å². The van der Waals surface area contributed by atoms with Crippen molar-refractivity contribution in [2.24, 2.45) is 0 Å². The van der Waals surface area contributed by atoms with Crippen LogP contribution in [0.2, 0.25) is 0 Å². The van der Waals surface area contributed by atoms with Gasteiger partial charge in [-0.1, -0.05) is 36.4 Å². The number of ether oxygens (including phenoxy) is 1. The van der Waals surface area contributed by atoms with Crippen molar-refractivity contribution >= 4 is 23.6 Å². The summed E-state index contributed by atoms with van der Waals surface area (Å²) in [7, 11) is 0. The van der Waals surface area contributed by atoms with Crippen LogP contribution in [0.1, 0.15) is 56.0 Å². The van der Waals surface area contributed by atoms with Crippen LogP contribution in [0.4, 0.5) is 10.5 Å². The molecule has 2 aromatic carbocycles. The first-order valence-corrected chi connectivity index (χ1v) is 11.3. The maximum absolute atomic E-state index is 13.6. The smallest absolute Gasteiger partial charge is 0.408 e. The fourth-order valence-corrected chi connectivity index (χ4v) is 3.62. The van der Waals surface area contributed by atoms with E-state index in [4.69, 9.17) is 4.74 Å². The van der Waals surface area contributed by atoms with Crippen molar-refractivity contribution in [1.29, 1.82) is 0 Å². The Labute approximate surface area is 201 Å². The minimum atomic E-state index is -1.11. The molecule has 3 N–H and O–H groups in total. The molecule has 0 saturated carbocycles. The van der Waals surface area contributed by atoms with Crippen molar-refractivity contribution in [1.82, 2.24) is 10.2 Å². The number of amides is 3. The van der Waals surface area contributed by atoms with Crippen LogP contribution in [-0.2, 0) is 14.3 Å². The maximum Gasteiger partial charge on any atom is 0.408 e. The zero-order valence-electron chi connectivity index (χ0n) is 21.0. The van der Waals surface area contributed by atoms with Gasteiger partial charge in [-0.05, 0) is 65.2 Å². The number of nitrogens with one attached hydrogen (secondary N) is 2. The zero-order chi connectivity index (χ0) is 25.6. The molecule has 8 nitrogen and oxygen atoms in total. The van der Waals surface area contributed by atoms with Crippen LogP contribution in [0.25, 0.3) is 0 Å². The number of hydrogen-bond acceptors (Lipinski definition) is 5. The van der Waals surface area contributed by atoms with Gasteiger partial charge in [-0.25, -0.2) is 4.79 Å². The summed E-state index contributed by atoms with van der Waals surface area (Å²) in [5.41, 5.74) is 2.58. The van der Waals surface area contributed by atoms with E-state index < -0.39 is 29.6 Å². The van der Waals surface area contributed by atoms with Crippen molar-refractivity contribution < 1.29 is 24.2 Å². The topological polar surface area (TPSA) is 108 Å². The maximum atomic E-state index is 13.6. The van der Waals surface area contributed by atoms with Gasteiger partial charge in [0.15, 0.2) is 0 Å². The summed E-state index contributed by atoms with van der Waals surface area (Å²) in [6.07, 6.45) is -0.730. The highest BCUT2D eigenvalue weighted by Gasteiger charge is 2.33. The van der Waals surface area contributed by atoms with E-state index in [-0.39, 0.29) is 18.8 Å². The summed E-state index contributed by atoms with van der Waals surface area (Å²) in [5.74, 6) is -1.02. The summed E-state index contributed by atoms with van der Waals surface area (Å²) in [6, 6.07) is 9.62. The Hall–Kier alpha value is -3.55. The van der Waals surface area contributed by atoms with E-state index in [0.717, 1.165) is 11.1 Å². The minimum Gasteiger partial charge on any atom is -0.507 e. The molecule has 0 spiro atoms. The molecule has 0 heterocycles. The summed E-state index contributed by atoms with van der Waals surface area (Å²) >= 11 is 0. The summed E-state index contributed by atoms with van der Waals surface area (Å²) < 4.78 is 5.19. The van der Waals surface area contributed by atoms with Gasteiger partial charge in [-0.3, -0.25) is 9.59 Å². The molecule has 0 aromatic heterocycles. The molecular weight excluding hydrogens is 434 g/mol. The molecule has 0 aliphatic carbocycles. The number of carbonyl (C=O) groups is 3. The van der Waals surface area contributed by atoms with Crippen LogP contribution in [0.3, 0.4) is 0 Å². The number of para-hydroxylation sites is 2. The molecule has 1 atom stereocenters. The number of aryl methyl sites for hydroxylation is 3. The number of carbonyl (C=O) groups excluding carboxylic acids is 3. The largest absolute Gasteiger partial charge is 0.507 e. The molecule has 2 rings (SSSR count). The zero-order valence-corrected chi connectivity index (χ0v) is 21.0. The summed E-state index contributed by atoms with van der Waals surface area (Å²) in [6.45, 7) is 12.2. The van der Waals surface area contributed by atoms with Crippen LogP contribution >= 0.6 is 0 Å². The number of benzene rings is 2. The lowest BCUT2D eigenvalue weighted by atomic mass is 9.99. The second-order valence-corrected chi connectivity index (χ2v) is 9.21. The Balaban J connectivity index is 2.39. The van der Waals surface area contributed by atoms with E-state index in [1.54, 1.807) is 52.8 Å². The number of alkyl carbamates (subject to hydrolysis) is 1. The van der Waals surface area contributed by atoms with Crippen molar-refractivity contribution in [3.8, 4) is 5.75 Å². The highest BCUT2D eigenvalue weighted by atomic mass is 16.6. The van der Waals surface area contributed by atoms with Crippen molar-refractivity contribution in [2.45, 2.75) is 60.1 Å². The normalized spacial score (nSPS) is 12.0. The van der Waals surface area contributed by atoms with E-state index in [1.165, 1.54) is 4.90 Å². The van der Waals surface area contributed by atoms with Gasteiger partial charge >= 0.3 is 6.09 Å². The molecule has 1 unspecified atom stereocenters. The van der Waals surface area contributed by atoms with Gasteiger partial charge in [-0.2, -0.15) is 0 Å². The van der Waals surface area contributed by atoms with Crippen LogP contribution in [0, 0.1) is 20.8 Å². The fourth-order valence-electron chi connectivity index (χ4n) is 3.62. The number of anilines is 1. The molecule has 0 radical (unpaired) electrons. The number of phenols is 1. The molecule has 184 valence electrons. The predicted octanol–water partition coefficient (Wildman–Crippen LogP) is 4.37. The van der Waals surface area contributed by atoms with E-state index in [9.17, 15) is 19.5 Å². The number of hydrogen-bond donors (Lipinski definition) is 3. The lowest BCUT2D eigenvalue weighted by Gasteiger charge is -2.31. The fraction of sp³-hybridized carbons (Fsp3) is 0.423. The first-order valence-electron chi connectivity index (χ1n) is 11.3. The van der Waals surface area contributed by atoms with E-state index in [1.807, 2.05) is 32.0 Å². The Bertz CT molecular complexity index is 1040. The molecule has 0 aliphatic rings. The third-order valence-electron chi connectivity index (χ3n) is 5.30. The average molecular weight is 470 g/mol. The number of likely N-dealkylation sites (N-methyl/N-ethyl adjacent to an activating group) is 1. The van der Waals surface area contributed by atoms with Gasteiger partial charge in [0.1, 0.15) is 23.9 Å². The van der Waals surface area contributed by atoms with Crippen LogP contribution < -0.4 is 10.6 Å². The molecule has 0 bridgehead atoms. The third-order valence-corrected chi connectivity index (χ3v) is 5.30. The molecule has 0 aliphatic heterocycles. The highest BCUT2D eigenvalue weighted by molar-refractivity contribution is 5.99. The van der Waals surface area contributed by atoms with Crippen molar-refractivity contribution in [3.05, 3.63) is 58.7 Å². The first-order chi connectivity index (χ1) is 15.9. The number of nitrogens with zero attached hydrogens (tertiary/aromatic N) is 1. The van der Waals surface area contributed by atoms with Crippen molar-refractivity contribution in [2.75, 3.05) is 18.4 Å². The average Bonchev–Trinajstić information content (AvgIpc) is 2.74.